The molecule has 82 valence electrons. The van der Waals surface area contributed by atoms with Crippen LogP contribution in [0.3, 0.4) is 0 Å². The maximum Gasteiger partial charge on any atom is 0.168 e. The molecule has 0 aliphatic rings. The van der Waals surface area contributed by atoms with Gasteiger partial charge in [0.1, 0.15) is 0 Å². The van der Waals surface area contributed by atoms with Gasteiger partial charge in [0.05, 0.1) is 6.61 Å². The Balaban J connectivity index is 2.56. The Morgan fingerprint density at radius 2 is 1.88 bits per heavy atom. The number of ketones is 1. The van der Waals surface area contributed by atoms with Gasteiger partial charge < -0.3 is 5.11 Å². The predicted molar refractivity (Wildman–Crippen MR) is 64.5 cm³/mol. The van der Waals surface area contributed by atoms with Crippen molar-refractivity contribution in [3.63, 3.8) is 0 Å². The Morgan fingerprint density at radius 3 is 2.62 bits per heavy atom. The molecule has 0 aliphatic carbocycles. The van der Waals surface area contributed by atoms with Crippen LogP contribution in [0.4, 0.5) is 0 Å². The Hall–Kier alpha value is -1.67. The molecule has 0 heterocycles. The molecule has 0 saturated carbocycles. The maximum atomic E-state index is 12.0. The van der Waals surface area contributed by atoms with E-state index in [4.69, 9.17) is 5.11 Å². The van der Waals surface area contributed by atoms with E-state index in [1.165, 1.54) is 0 Å². The summed E-state index contributed by atoms with van der Waals surface area (Å²) in [6.07, 6.45) is 0. The van der Waals surface area contributed by atoms with Crippen molar-refractivity contribution in [2.24, 2.45) is 5.92 Å². The van der Waals surface area contributed by atoms with Crippen molar-refractivity contribution < 1.29 is 9.90 Å². The van der Waals surface area contributed by atoms with Crippen LogP contribution in [0.5, 0.6) is 0 Å². The summed E-state index contributed by atoms with van der Waals surface area (Å²) in [5.74, 6) is -0.342. The lowest BCUT2D eigenvalue weighted by molar-refractivity contribution is 0.0879. The lowest BCUT2D eigenvalue weighted by Crippen LogP contribution is -2.15. The quantitative estimate of drug-likeness (QED) is 0.797. The molecular formula is C14H14O2. The molecule has 0 aliphatic heterocycles. The third-order valence-electron chi connectivity index (χ3n) is 2.78. The van der Waals surface area contributed by atoms with E-state index in [2.05, 4.69) is 0 Å². The second-order valence-electron chi connectivity index (χ2n) is 3.97. The standard InChI is InChI=1S/C14H14O2/c1-10(9-15)14(16)13-8-4-6-11-5-2-3-7-12(11)13/h2-8,10,15H,9H2,1H3. The first kappa shape index (κ1) is 10.8. The number of aliphatic hydroxyl groups is 1. The van der Waals surface area contributed by atoms with Gasteiger partial charge in [0.25, 0.3) is 0 Å². The van der Waals surface area contributed by atoms with Gasteiger partial charge in [-0.3, -0.25) is 4.79 Å². The summed E-state index contributed by atoms with van der Waals surface area (Å²) in [4.78, 5) is 12.0. The summed E-state index contributed by atoms with van der Waals surface area (Å²) in [6, 6.07) is 13.5. The van der Waals surface area contributed by atoms with E-state index in [1.807, 2.05) is 42.5 Å². The summed E-state index contributed by atoms with van der Waals surface area (Å²) < 4.78 is 0. The van der Waals surface area contributed by atoms with E-state index >= 15 is 0 Å². The first-order chi connectivity index (χ1) is 7.74. The van der Waals surface area contributed by atoms with Crippen LogP contribution in [-0.2, 0) is 0 Å². The minimum atomic E-state index is -0.342. The number of hydrogen-bond donors (Lipinski definition) is 1. The van der Waals surface area contributed by atoms with Crippen molar-refractivity contribution >= 4 is 16.6 Å². The number of fused-ring (bicyclic) bond motifs is 1. The zero-order chi connectivity index (χ0) is 11.5. The molecule has 2 aromatic carbocycles. The molecular weight excluding hydrogens is 200 g/mol. The fourth-order valence-corrected chi connectivity index (χ4v) is 1.79. The molecule has 0 spiro atoms. The fourth-order valence-electron chi connectivity index (χ4n) is 1.79. The number of hydrogen-bond acceptors (Lipinski definition) is 2. The van der Waals surface area contributed by atoms with Crippen molar-refractivity contribution in [3.05, 3.63) is 48.0 Å². The first-order valence-corrected chi connectivity index (χ1v) is 5.37. The average molecular weight is 214 g/mol. The van der Waals surface area contributed by atoms with Crippen LogP contribution in [0.2, 0.25) is 0 Å². The smallest absolute Gasteiger partial charge is 0.168 e. The minimum absolute atomic E-state index is 0.000648. The molecule has 2 heteroatoms. The van der Waals surface area contributed by atoms with Crippen LogP contribution in [0, 0.1) is 5.92 Å². The van der Waals surface area contributed by atoms with Crippen molar-refractivity contribution in [1.82, 2.24) is 0 Å². The number of rotatable bonds is 3. The second-order valence-corrected chi connectivity index (χ2v) is 3.97. The van der Waals surface area contributed by atoms with E-state index in [1.54, 1.807) is 6.92 Å². The molecule has 1 atom stereocenters. The van der Waals surface area contributed by atoms with Crippen molar-refractivity contribution in [2.45, 2.75) is 6.92 Å². The third kappa shape index (κ3) is 1.84. The number of carbonyl (C=O) groups is 1. The summed E-state index contributed by atoms with van der Waals surface area (Å²) in [5, 5.41) is 11.0. The lowest BCUT2D eigenvalue weighted by Gasteiger charge is -2.09. The molecule has 0 saturated heterocycles. The maximum absolute atomic E-state index is 12.0. The van der Waals surface area contributed by atoms with Crippen molar-refractivity contribution in [3.8, 4) is 0 Å². The van der Waals surface area contributed by atoms with Gasteiger partial charge in [0.2, 0.25) is 0 Å². The first-order valence-electron chi connectivity index (χ1n) is 5.37. The van der Waals surface area contributed by atoms with Gasteiger partial charge in [0, 0.05) is 11.5 Å². The summed E-state index contributed by atoms with van der Waals surface area (Å²) in [6.45, 7) is 1.63. The second kappa shape index (κ2) is 4.45. The van der Waals surface area contributed by atoms with Crippen LogP contribution in [0.1, 0.15) is 17.3 Å². The van der Waals surface area contributed by atoms with Crippen LogP contribution < -0.4 is 0 Å². The van der Waals surface area contributed by atoms with Gasteiger partial charge >= 0.3 is 0 Å². The van der Waals surface area contributed by atoms with E-state index in [0.717, 1.165) is 10.8 Å². The number of aliphatic hydroxyl groups excluding tert-OH is 1. The van der Waals surface area contributed by atoms with Gasteiger partial charge in [-0.25, -0.2) is 0 Å². The van der Waals surface area contributed by atoms with E-state index < -0.39 is 0 Å². The Bertz CT molecular complexity index is 512. The molecule has 2 aromatic rings. The molecule has 16 heavy (non-hydrogen) atoms. The van der Waals surface area contributed by atoms with E-state index in [-0.39, 0.29) is 18.3 Å². The van der Waals surface area contributed by atoms with Crippen molar-refractivity contribution in [2.75, 3.05) is 6.61 Å². The van der Waals surface area contributed by atoms with Gasteiger partial charge in [0.15, 0.2) is 5.78 Å². The molecule has 0 fully saturated rings. The molecule has 0 bridgehead atoms. The SMILES string of the molecule is CC(CO)C(=O)c1cccc2ccccc12. The fraction of sp³-hybridized carbons (Fsp3) is 0.214. The molecule has 1 N–H and O–H groups in total. The molecule has 0 aromatic heterocycles. The van der Waals surface area contributed by atoms with Crippen LogP contribution >= 0.6 is 0 Å². The Kier molecular flexibility index (Phi) is 3.02. The van der Waals surface area contributed by atoms with Gasteiger partial charge in [-0.15, -0.1) is 0 Å². The third-order valence-corrected chi connectivity index (χ3v) is 2.78. The Morgan fingerprint density at radius 1 is 1.19 bits per heavy atom. The molecule has 1 unspecified atom stereocenters. The summed E-state index contributed by atoms with van der Waals surface area (Å²) >= 11 is 0. The van der Waals surface area contributed by atoms with Crippen LogP contribution in [0.15, 0.2) is 42.5 Å². The highest BCUT2D eigenvalue weighted by Gasteiger charge is 2.15. The topological polar surface area (TPSA) is 37.3 Å². The van der Waals surface area contributed by atoms with Crippen LogP contribution in [-0.4, -0.2) is 17.5 Å². The monoisotopic (exact) mass is 214 g/mol. The molecule has 0 amide bonds. The van der Waals surface area contributed by atoms with E-state index in [9.17, 15) is 4.79 Å². The van der Waals surface area contributed by atoms with Crippen molar-refractivity contribution in [1.29, 1.82) is 0 Å². The zero-order valence-corrected chi connectivity index (χ0v) is 9.18. The molecule has 0 radical (unpaired) electrons. The highest BCUT2D eigenvalue weighted by atomic mass is 16.3. The Labute approximate surface area is 94.5 Å². The average Bonchev–Trinajstić information content (AvgIpc) is 2.36. The molecule has 2 nitrogen and oxygen atoms in total. The van der Waals surface area contributed by atoms with Crippen LogP contribution in [0.25, 0.3) is 10.8 Å². The largest absolute Gasteiger partial charge is 0.396 e. The zero-order valence-electron chi connectivity index (χ0n) is 9.18. The van der Waals surface area contributed by atoms with Gasteiger partial charge in [-0.1, -0.05) is 49.4 Å². The highest BCUT2D eigenvalue weighted by molar-refractivity contribution is 6.09. The number of Topliss-reactive ketones (excluding diaryl/α,β-unsaturated/α-hetero) is 1. The minimum Gasteiger partial charge on any atom is -0.396 e. The summed E-state index contributed by atoms with van der Waals surface area (Å²) in [7, 11) is 0. The van der Waals surface area contributed by atoms with Gasteiger partial charge in [-0.2, -0.15) is 0 Å². The number of carbonyl (C=O) groups excluding carboxylic acids is 1. The van der Waals surface area contributed by atoms with E-state index in [0.29, 0.717) is 5.56 Å². The number of benzene rings is 2. The lowest BCUT2D eigenvalue weighted by atomic mass is 9.95. The van der Waals surface area contributed by atoms with Gasteiger partial charge in [-0.05, 0) is 10.8 Å². The normalized spacial score (nSPS) is 12.6. The summed E-state index contributed by atoms with van der Waals surface area (Å²) in [5.41, 5.74) is 0.694. The highest BCUT2D eigenvalue weighted by Crippen LogP contribution is 2.21. The molecule has 2 rings (SSSR count). The predicted octanol–water partition coefficient (Wildman–Crippen LogP) is 2.65.